The Bertz CT molecular complexity index is 878. The Morgan fingerprint density at radius 3 is 2.47 bits per heavy atom. The van der Waals surface area contributed by atoms with Crippen LogP contribution in [0.5, 0.6) is 11.5 Å². The largest absolute Gasteiger partial charge is 0.454 e. The van der Waals surface area contributed by atoms with Gasteiger partial charge in [-0.3, -0.25) is 4.79 Å². The first kappa shape index (κ1) is 19.5. The fourth-order valence-electron chi connectivity index (χ4n) is 5.00. The molecule has 0 bridgehead atoms. The third kappa shape index (κ3) is 3.28. The van der Waals surface area contributed by atoms with Crippen molar-refractivity contribution in [3.8, 4) is 11.5 Å². The molecule has 162 valence electrons. The van der Waals surface area contributed by atoms with Crippen molar-refractivity contribution in [1.29, 1.82) is 0 Å². The van der Waals surface area contributed by atoms with E-state index in [2.05, 4.69) is 4.90 Å². The van der Waals surface area contributed by atoms with Gasteiger partial charge in [0.1, 0.15) is 5.60 Å². The van der Waals surface area contributed by atoms with Crippen molar-refractivity contribution in [3.05, 3.63) is 23.3 Å². The van der Waals surface area contributed by atoms with E-state index in [1.807, 2.05) is 37.8 Å². The molecule has 4 aliphatic rings. The number of rotatable bonds is 3. The van der Waals surface area contributed by atoms with Gasteiger partial charge in [0.2, 0.25) is 6.79 Å². The highest BCUT2D eigenvalue weighted by Crippen LogP contribution is 2.58. The van der Waals surface area contributed by atoms with Gasteiger partial charge in [-0.1, -0.05) is 0 Å². The molecule has 5 rings (SSSR count). The summed E-state index contributed by atoms with van der Waals surface area (Å²) in [5.74, 6) is 2.07. The van der Waals surface area contributed by atoms with Gasteiger partial charge in [-0.15, -0.1) is 0 Å². The van der Waals surface area contributed by atoms with Crippen LogP contribution in [-0.4, -0.2) is 53.8 Å². The van der Waals surface area contributed by atoms with Crippen LogP contribution >= 0.6 is 0 Å². The Kier molecular flexibility index (Phi) is 4.42. The van der Waals surface area contributed by atoms with Crippen molar-refractivity contribution in [1.82, 2.24) is 9.80 Å². The number of likely N-dealkylation sites (tertiary alicyclic amines) is 1. The first-order chi connectivity index (χ1) is 14.3. The quantitative estimate of drug-likeness (QED) is 0.750. The molecule has 30 heavy (non-hydrogen) atoms. The molecule has 0 aromatic heterocycles. The minimum atomic E-state index is -0.464. The normalized spacial score (nSPS) is 21.9. The predicted molar refractivity (Wildman–Crippen MR) is 110 cm³/mol. The molecule has 0 atom stereocenters. The molecule has 1 aliphatic carbocycles. The predicted octanol–water partition coefficient (Wildman–Crippen LogP) is 3.90. The van der Waals surface area contributed by atoms with E-state index in [1.165, 1.54) is 0 Å². The van der Waals surface area contributed by atoms with E-state index in [0.29, 0.717) is 11.7 Å². The zero-order chi connectivity index (χ0) is 21.1. The summed E-state index contributed by atoms with van der Waals surface area (Å²) in [6, 6.07) is 3.88. The van der Waals surface area contributed by atoms with Crippen molar-refractivity contribution in [2.45, 2.75) is 64.0 Å². The van der Waals surface area contributed by atoms with Crippen LogP contribution < -0.4 is 9.47 Å². The van der Waals surface area contributed by atoms with E-state index in [1.54, 1.807) is 0 Å². The molecule has 2 amide bonds. The van der Waals surface area contributed by atoms with Gasteiger partial charge < -0.3 is 24.0 Å². The highest BCUT2D eigenvalue weighted by atomic mass is 16.7. The SMILES string of the molecule is CC(C)(C)OC(=O)N1CCC(CCN2C(=O)c3cc4c(cc3C23CC3)OCO4)CC1. The first-order valence-corrected chi connectivity index (χ1v) is 11.0. The number of hydrogen-bond donors (Lipinski definition) is 0. The third-order valence-corrected chi connectivity index (χ3v) is 6.76. The van der Waals surface area contributed by atoms with Crippen molar-refractivity contribution in [2.24, 2.45) is 5.92 Å². The van der Waals surface area contributed by atoms with Crippen LogP contribution in [0.15, 0.2) is 12.1 Å². The van der Waals surface area contributed by atoms with Gasteiger partial charge in [-0.25, -0.2) is 4.79 Å². The highest BCUT2D eigenvalue weighted by Gasteiger charge is 2.58. The lowest BCUT2D eigenvalue weighted by molar-refractivity contribution is 0.0177. The summed E-state index contributed by atoms with van der Waals surface area (Å²) in [6.07, 6.45) is 4.69. The lowest BCUT2D eigenvalue weighted by Gasteiger charge is -2.34. The highest BCUT2D eigenvalue weighted by molar-refractivity contribution is 6.01. The minimum Gasteiger partial charge on any atom is -0.454 e. The van der Waals surface area contributed by atoms with Gasteiger partial charge in [0.15, 0.2) is 11.5 Å². The van der Waals surface area contributed by atoms with Crippen molar-refractivity contribution in [3.63, 3.8) is 0 Å². The van der Waals surface area contributed by atoms with Gasteiger partial charge in [-0.05, 0) is 76.5 Å². The molecule has 1 aromatic carbocycles. The fraction of sp³-hybridized carbons (Fsp3) is 0.652. The lowest BCUT2D eigenvalue weighted by Crippen LogP contribution is -2.42. The second-order valence-electron chi connectivity index (χ2n) is 9.94. The van der Waals surface area contributed by atoms with Gasteiger partial charge in [0.05, 0.1) is 5.54 Å². The molecule has 1 aromatic rings. The number of hydrogen-bond acceptors (Lipinski definition) is 5. The van der Waals surface area contributed by atoms with E-state index in [9.17, 15) is 9.59 Å². The maximum absolute atomic E-state index is 13.2. The van der Waals surface area contributed by atoms with Crippen molar-refractivity contribution < 1.29 is 23.8 Å². The van der Waals surface area contributed by atoms with E-state index in [0.717, 1.165) is 68.6 Å². The Morgan fingerprint density at radius 1 is 1.17 bits per heavy atom. The fourth-order valence-corrected chi connectivity index (χ4v) is 5.00. The van der Waals surface area contributed by atoms with Crippen LogP contribution in [-0.2, 0) is 10.3 Å². The molecule has 0 radical (unpaired) electrons. The van der Waals surface area contributed by atoms with Crippen molar-refractivity contribution in [2.75, 3.05) is 26.4 Å². The molecule has 1 spiro atoms. The maximum atomic E-state index is 13.2. The number of fused-ring (bicyclic) bond motifs is 3. The second-order valence-corrected chi connectivity index (χ2v) is 9.94. The molecule has 7 heteroatoms. The Balaban J connectivity index is 1.19. The average Bonchev–Trinajstić information content (AvgIpc) is 3.29. The smallest absolute Gasteiger partial charge is 0.410 e. The van der Waals surface area contributed by atoms with Crippen LogP contribution in [0.2, 0.25) is 0 Å². The molecule has 1 saturated heterocycles. The Morgan fingerprint density at radius 2 is 1.83 bits per heavy atom. The molecule has 0 unspecified atom stereocenters. The first-order valence-electron chi connectivity index (χ1n) is 11.0. The summed E-state index contributed by atoms with van der Waals surface area (Å²) in [6.45, 7) is 8.11. The maximum Gasteiger partial charge on any atom is 0.410 e. The summed E-state index contributed by atoms with van der Waals surface area (Å²) in [7, 11) is 0. The van der Waals surface area contributed by atoms with Crippen LogP contribution in [0.3, 0.4) is 0 Å². The van der Waals surface area contributed by atoms with E-state index in [4.69, 9.17) is 14.2 Å². The van der Waals surface area contributed by atoms with E-state index < -0.39 is 5.60 Å². The van der Waals surface area contributed by atoms with Gasteiger partial charge in [0, 0.05) is 25.2 Å². The van der Waals surface area contributed by atoms with Crippen LogP contribution in [0.1, 0.15) is 68.8 Å². The summed E-state index contributed by atoms with van der Waals surface area (Å²) < 4.78 is 16.5. The number of benzene rings is 1. The van der Waals surface area contributed by atoms with Gasteiger partial charge >= 0.3 is 6.09 Å². The average molecular weight is 415 g/mol. The monoisotopic (exact) mass is 414 g/mol. The Hall–Kier alpha value is -2.44. The van der Waals surface area contributed by atoms with E-state index >= 15 is 0 Å². The zero-order valence-electron chi connectivity index (χ0n) is 18.0. The number of ether oxygens (including phenoxy) is 3. The number of amides is 2. The molecule has 3 heterocycles. The summed E-state index contributed by atoms with van der Waals surface area (Å²) in [5.41, 5.74) is 1.28. The number of piperidine rings is 1. The number of carbonyl (C=O) groups is 2. The molecule has 0 N–H and O–H groups in total. The molecule has 1 saturated carbocycles. The molecule has 2 fully saturated rings. The number of nitrogens with zero attached hydrogens (tertiary/aromatic N) is 2. The topological polar surface area (TPSA) is 68.3 Å². The number of carbonyl (C=O) groups excluding carboxylic acids is 2. The van der Waals surface area contributed by atoms with Gasteiger partial charge in [0.25, 0.3) is 5.91 Å². The standard InChI is InChI=1S/C23H30N2O5/c1-22(2,3)30-21(27)24-9-4-15(5-10-24)6-11-25-20(26)16-12-18-19(29-14-28-18)13-17(16)23(25)7-8-23/h12-13,15H,4-11,14H2,1-3H3. The molecular weight excluding hydrogens is 384 g/mol. The van der Waals surface area contributed by atoms with Gasteiger partial charge in [-0.2, -0.15) is 0 Å². The lowest BCUT2D eigenvalue weighted by atomic mass is 9.93. The summed E-state index contributed by atoms with van der Waals surface area (Å²) in [4.78, 5) is 29.3. The third-order valence-electron chi connectivity index (χ3n) is 6.76. The molecule has 7 nitrogen and oxygen atoms in total. The van der Waals surface area contributed by atoms with Crippen LogP contribution in [0.4, 0.5) is 4.79 Å². The summed E-state index contributed by atoms with van der Waals surface area (Å²) in [5, 5.41) is 0. The molecule has 3 aliphatic heterocycles. The Labute approximate surface area is 177 Å². The van der Waals surface area contributed by atoms with Crippen LogP contribution in [0, 0.1) is 5.92 Å². The van der Waals surface area contributed by atoms with E-state index in [-0.39, 0.29) is 24.3 Å². The second kappa shape index (κ2) is 6.79. The van der Waals surface area contributed by atoms with Crippen LogP contribution in [0.25, 0.3) is 0 Å². The van der Waals surface area contributed by atoms with Crippen molar-refractivity contribution >= 4 is 12.0 Å². The molecular formula is C23H30N2O5. The summed E-state index contributed by atoms with van der Waals surface area (Å²) >= 11 is 0. The minimum absolute atomic E-state index is 0.118. The zero-order valence-corrected chi connectivity index (χ0v) is 18.0.